The summed E-state index contributed by atoms with van der Waals surface area (Å²) >= 11 is 0. The zero-order valence-corrected chi connectivity index (χ0v) is 7.38. The van der Waals surface area contributed by atoms with Crippen molar-refractivity contribution in [3.8, 4) is 5.88 Å². The maximum atomic E-state index is 13.0. The van der Waals surface area contributed by atoms with Crippen LogP contribution in [0.15, 0.2) is 6.07 Å². The van der Waals surface area contributed by atoms with Gasteiger partial charge in [-0.2, -0.15) is 4.98 Å². The van der Waals surface area contributed by atoms with Crippen molar-refractivity contribution in [2.45, 2.75) is 18.8 Å². The maximum Gasteiger partial charge on any atom is 0.218 e. The molecular weight excluding hydrogens is 171 g/mol. The van der Waals surface area contributed by atoms with Gasteiger partial charge < -0.3 is 10.5 Å². The molecule has 0 aliphatic heterocycles. The van der Waals surface area contributed by atoms with Crippen LogP contribution in [0.3, 0.4) is 0 Å². The quantitative estimate of drug-likeness (QED) is 0.757. The van der Waals surface area contributed by atoms with Gasteiger partial charge in [-0.05, 0) is 24.8 Å². The van der Waals surface area contributed by atoms with Gasteiger partial charge in [-0.15, -0.1) is 0 Å². The SMILES string of the molecule is COc1nc(N)c(F)cc1C1CC1. The van der Waals surface area contributed by atoms with E-state index in [-0.39, 0.29) is 5.82 Å². The van der Waals surface area contributed by atoms with Crippen LogP contribution in [0.25, 0.3) is 0 Å². The first-order valence-corrected chi connectivity index (χ1v) is 4.22. The number of aromatic nitrogens is 1. The van der Waals surface area contributed by atoms with Crippen LogP contribution in [-0.2, 0) is 0 Å². The molecule has 1 heterocycles. The fraction of sp³-hybridized carbons (Fsp3) is 0.444. The summed E-state index contributed by atoms with van der Waals surface area (Å²) in [6, 6.07) is 1.43. The molecule has 1 saturated carbocycles. The minimum absolute atomic E-state index is 0.0961. The van der Waals surface area contributed by atoms with E-state index in [4.69, 9.17) is 10.5 Å². The third-order valence-electron chi connectivity index (χ3n) is 2.21. The van der Waals surface area contributed by atoms with E-state index in [9.17, 15) is 4.39 Å². The Labute approximate surface area is 75.7 Å². The van der Waals surface area contributed by atoms with Gasteiger partial charge in [0, 0.05) is 5.56 Å². The Bertz CT molecular complexity index is 337. The second-order valence-electron chi connectivity index (χ2n) is 3.23. The molecule has 2 rings (SSSR count). The summed E-state index contributed by atoms with van der Waals surface area (Å²) in [6.45, 7) is 0. The van der Waals surface area contributed by atoms with Crippen molar-refractivity contribution in [1.82, 2.24) is 4.98 Å². The standard InChI is InChI=1S/C9H11FN2O/c1-13-9-6(5-2-3-5)4-7(10)8(11)12-9/h4-5H,2-3H2,1H3,(H2,11,12). The molecular formula is C9H11FN2O. The summed E-state index contributed by atoms with van der Waals surface area (Å²) in [5.74, 6) is 0.322. The van der Waals surface area contributed by atoms with Crippen LogP contribution >= 0.6 is 0 Å². The monoisotopic (exact) mass is 182 g/mol. The fourth-order valence-electron chi connectivity index (χ4n) is 1.35. The van der Waals surface area contributed by atoms with E-state index in [1.54, 1.807) is 0 Å². The van der Waals surface area contributed by atoms with Crippen molar-refractivity contribution in [2.24, 2.45) is 0 Å². The molecule has 1 aliphatic carbocycles. The molecule has 0 unspecified atom stereocenters. The molecule has 13 heavy (non-hydrogen) atoms. The van der Waals surface area contributed by atoms with E-state index in [0.29, 0.717) is 11.8 Å². The van der Waals surface area contributed by atoms with Crippen molar-refractivity contribution < 1.29 is 9.13 Å². The van der Waals surface area contributed by atoms with Gasteiger partial charge in [0.15, 0.2) is 11.6 Å². The lowest BCUT2D eigenvalue weighted by Gasteiger charge is -2.07. The van der Waals surface area contributed by atoms with Crippen molar-refractivity contribution in [3.05, 3.63) is 17.4 Å². The molecule has 1 aliphatic rings. The Morgan fingerprint density at radius 2 is 2.31 bits per heavy atom. The summed E-state index contributed by atoms with van der Waals surface area (Å²) in [5, 5.41) is 0. The first kappa shape index (κ1) is 8.29. The molecule has 1 aromatic heterocycles. The smallest absolute Gasteiger partial charge is 0.218 e. The van der Waals surface area contributed by atoms with Crippen molar-refractivity contribution in [1.29, 1.82) is 0 Å². The maximum absolute atomic E-state index is 13.0. The van der Waals surface area contributed by atoms with Crippen molar-refractivity contribution >= 4 is 5.82 Å². The summed E-state index contributed by atoms with van der Waals surface area (Å²) in [7, 11) is 1.52. The zero-order chi connectivity index (χ0) is 9.42. The number of hydrogen-bond donors (Lipinski definition) is 1. The molecule has 4 heteroatoms. The Morgan fingerprint density at radius 1 is 1.62 bits per heavy atom. The largest absolute Gasteiger partial charge is 0.481 e. The molecule has 0 atom stereocenters. The van der Waals surface area contributed by atoms with Gasteiger partial charge in [0.1, 0.15) is 0 Å². The minimum Gasteiger partial charge on any atom is -0.481 e. The topological polar surface area (TPSA) is 48.1 Å². The number of methoxy groups -OCH3 is 1. The third kappa shape index (κ3) is 1.43. The van der Waals surface area contributed by atoms with Crippen LogP contribution in [-0.4, -0.2) is 12.1 Å². The molecule has 0 aromatic carbocycles. The Balaban J connectivity index is 2.46. The van der Waals surface area contributed by atoms with E-state index in [0.717, 1.165) is 18.4 Å². The third-order valence-corrected chi connectivity index (χ3v) is 2.21. The van der Waals surface area contributed by atoms with E-state index in [2.05, 4.69) is 4.98 Å². The number of nitrogen functional groups attached to an aromatic ring is 1. The molecule has 1 aromatic rings. The number of anilines is 1. The lowest BCUT2D eigenvalue weighted by atomic mass is 10.2. The summed E-state index contributed by atoms with van der Waals surface area (Å²) in [5.41, 5.74) is 6.16. The average molecular weight is 182 g/mol. The van der Waals surface area contributed by atoms with Crippen molar-refractivity contribution in [3.63, 3.8) is 0 Å². The van der Waals surface area contributed by atoms with Crippen LogP contribution in [0, 0.1) is 5.82 Å². The summed E-state index contributed by atoms with van der Waals surface area (Å²) in [6.07, 6.45) is 2.17. The molecule has 2 N–H and O–H groups in total. The van der Waals surface area contributed by atoms with E-state index in [1.165, 1.54) is 13.2 Å². The zero-order valence-electron chi connectivity index (χ0n) is 7.38. The van der Waals surface area contributed by atoms with Gasteiger partial charge in [0.2, 0.25) is 5.88 Å². The Hall–Kier alpha value is -1.32. The number of rotatable bonds is 2. The second-order valence-corrected chi connectivity index (χ2v) is 3.23. The van der Waals surface area contributed by atoms with E-state index < -0.39 is 5.82 Å². The fourth-order valence-corrected chi connectivity index (χ4v) is 1.35. The van der Waals surface area contributed by atoms with Crippen LogP contribution in [0.2, 0.25) is 0 Å². The highest BCUT2D eigenvalue weighted by molar-refractivity contribution is 5.42. The number of halogens is 1. The summed E-state index contributed by atoms with van der Waals surface area (Å²) in [4.78, 5) is 3.83. The second kappa shape index (κ2) is 2.87. The summed E-state index contributed by atoms with van der Waals surface area (Å²) < 4.78 is 18.1. The molecule has 70 valence electrons. The van der Waals surface area contributed by atoms with Crippen molar-refractivity contribution in [2.75, 3.05) is 12.8 Å². The lowest BCUT2D eigenvalue weighted by molar-refractivity contribution is 0.391. The number of nitrogens with zero attached hydrogens (tertiary/aromatic N) is 1. The molecule has 3 nitrogen and oxygen atoms in total. The van der Waals surface area contributed by atoms with E-state index >= 15 is 0 Å². The first-order valence-electron chi connectivity index (χ1n) is 4.22. The number of nitrogens with two attached hydrogens (primary N) is 1. The minimum atomic E-state index is -0.456. The van der Waals surface area contributed by atoms with Crippen LogP contribution in [0.1, 0.15) is 24.3 Å². The first-order chi connectivity index (χ1) is 6.22. The molecule has 0 saturated heterocycles. The van der Waals surface area contributed by atoms with Crippen LogP contribution < -0.4 is 10.5 Å². The Morgan fingerprint density at radius 3 is 2.85 bits per heavy atom. The van der Waals surface area contributed by atoms with Crippen LogP contribution in [0.4, 0.5) is 10.2 Å². The normalized spacial score (nSPS) is 15.8. The highest BCUT2D eigenvalue weighted by Crippen LogP contribution is 2.44. The van der Waals surface area contributed by atoms with Gasteiger partial charge >= 0.3 is 0 Å². The predicted molar refractivity (Wildman–Crippen MR) is 47.1 cm³/mol. The lowest BCUT2D eigenvalue weighted by Crippen LogP contribution is -2.01. The number of pyridine rings is 1. The highest BCUT2D eigenvalue weighted by Gasteiger charge is 2.28. The van der Waals surface area contributed by atoms with Gasteiger partial charge in [-0.25, -0.2) is 4.39 Å². The van der Waals surface area contributed by atoms with Gasteiger partial charge in [-0.1, -0.05) is 0 Å². The molecule has 0 radical (unpaired) electrons. The van der Waals surface area contributed by atoms with Gasteiger partial charge in [0.25, 0.3) is 0 Å². The predicted octanol–water partition coefficient (Wildman–Crippen LogP) is 1.69. The Kier molecular flexibility index (Phi) is 1.83. The molecule has 1 fully saturated rings. The van der Waals surface area contributed by atoms with Gasteiger partial charge in [-0.3, -0.25) is 0 Å². The number of hydrogen-bond acceptors (Lipinski definition) is 3. The van der Waals surface area contributed by atoms with Crippen LogP contribution in [0.5, 0.6) is 5.88 Å². The molecule has 0 spiro atoms. The highest BCUT2D eigenvalue weighted by atomic mass is 19.1. The molecule has 0 amide bonds. The van der Waals surface area contributed by atoms with E-state index in [1.807, 2.05) is 0 Å². The molecule has 0 bridgehead atoms. The van der Waals surface area contributed by atoms with Gasteiger partial charge in [0.05, 0.1) is 7.11 Å². The average Bonchev–Trinajstić information content (AvgIpc) is 2.92. The number of ether oxygens (including phenoxy) is 1.